The maximum Gasteiger partial charge on any atom is 0.134 e. The molecule has 0 aliphatic rings. The zero-order valence-corrected chi connectivity index (χ0v) is 10.6. The predicted octanol–water partition coefficient (Wildman–Crippen LogP) is 1.31. The topological polar surface area (TPSA) is 81.9 Å². The molecule has 6 nitrogen and oxygen atoms in total. The number of furan rings is 1. The number of aromatic nitrogens is 3. The van der Waals surface area contributed by atoms with Crippen LogP contribution >= 0.6 is 0 Å². The van der Waals surface area contributed by atoms with Gasteiger partial charge in [-0.15, -0.1) is 5.10 Å². The van der Waals surface area contributed by atoms with Gasteiger partial charge in [0.2, 0.25) is 0 Å². The van der Waals surface area contributed by atoms with Crippen LogP contribution in [0.1, 0.15) is 17.5 Å². The van der Waals surface area contributed by atoms with E-state index < -0.39 is 0 Å². The standard InChI is InChI=1S/C13H15N5O/c1-18-8-10(16-17-18)7-11(15-14)13-6-9-4-2-3-5-12(9)19-13/h2-6,8,11,15H,7,14H2,1H3. The molecule has 0 aliphatic heterocycles. The van der Waals surface area contributed by atoms with E-state index in [4.69, 9.17) is 10.3 Å². The molecule has 3 N–H and O–H groups in total. The van der Waals surface area contributed by atoms with Crippen LogP contribution in [0.2, 0.25) is 0 Å². The first-order chi connectivity index (χ1) is 9.26. The Balaban J connectivity index is 1.88. The zero-order valence-electron chi connectivity index (χ0n) is 10.6. The van der Waals surface area contributed by atoms with E-state index in [0.29, 0.717) is 6.42 Å². The van der Waals surface area contributed by atoms with Gasteiger partial charge >= 0.3 is 0 Å². The van der Waals surface area contributed by atoms with Gasteiger partial charge in [0.05, 0.1) is 11.7 Å². The SMILES string of the molecule is Cn1cc(CC(NN)c2cc3ccccc3o2)nn1. The molecule has 3 rings (SSSR count). The molecule has 0 spiro atoms. The van der Waals surface area contributed by atoms with Crippen LogP contribution in [-0.4, -0.2) is 15.0 Å². The number of fused-ring (bicyclic) bond motifs is 1. The first-order valence-corrected chi connectivity index (χ1v) is 6.06. The number of hydrogen-bond acceptors (Lipinski definition) is 5. The van der Waals surface area contributed by atoms with Gasteiger partial charge in [-0.1, -0.05) is 23.4 Å². The summed E-state index contributed by atoms with van der Waals surface area (Å²) in [5, 5.41) is 9.03. The van der Waals surface area contributed by atoms with Gasteiger partial charge in [0.15, 0.2) is 0 Å². The minimum atomic E-state index is -0.121. The molecule has 2 heterocycles. The van der Waals surface area contributed by atoms with Crippen LogP contribution in [0.5, 0.6) is 0 Å². The molecule has 0 saturated heterocycles. The quantitative estimate of drug-likeness (QED) is 0.544. The van der Waals surface area contributed by atoms with Crippen molar-refractivity contribution in [2.75, 3.05) is 0 Å². The number of nitrogens with zero attached hydrogens (tertiary/aromatic N) is 3. The Morgan fingerprint density at radius 3 is 2.95 bits per heavy atom. The first kappa shape index (κ1) is 11.9. The van der Waals surface area contributed by atoms with Gasteiger partial charge in [-0.25, -0.2) is 5.43 Å². The summed E-state index contributed by atoms with van der Waals surface area (Å²) in [4.78, 5) is 0. The van der Waals surface area contributed by atoms with E-state index in [1.54, 1.807) is 4.68 Å². The molecule has 0 radical (unpaired) electrons. The zero-order chi connectivity index (χ0) is 13.2. The van der Waals surface area contributed by atoms with Crippen LogP contribution in [0.3, 0.4) is 0 Å². The van der Waals surface area contributed by atoms with Crippen LogP contribution in [0.4, 0.5) is 0 Å². The Morgan fingerprint density at radius 2 is 2.26 bits per heavy atom. The Labute approximate surface area is 110 Å². The third-order valence-corrected chi connectivity index (χ3v) is 3.05. The van der Waals surface area contributed by atoms with E-state index in [1.807, 2.05) is 43.6 Å². The molecular formula is C13H15N5O. The van der Waals surface area contributed by atoms with Gasteiger partial charge in [-0.3, -0.25) is 10.5 Å². The molecule has 0 fully saturated rings. The highest BCUT2D eigenvalue weighted by atomic mass is 16.3. The fourth-order valence-electron chi connectivity index (χ4n) is 2.11. The third kappa shape index (κ3) is 2.35. The molecule has 6 heteroatoms. The number of nitrogens with one attached hydrogen (secondary N) is 1. The van der Waals surface area contributed by atoms with Gasteiger partial charge in [0.1, 0.15) is 11.3 Å². The maximum atomic E-state index is 5.80. The lowest BCUT2D eigenvalue weighted by Crippen LogP contribution is -2.29. The number of rotatable bonds is 4. The summed E-state index contributed by atoms with van der Waals surface area (Å²) in [7, 11) is 1.84. The molecule has 1 unspecified atom stereocenters. The van der Waals surface area contributed by atoms with E-state index >= 15 is 0 Å². The second-order valence-electron chi connectivity index (χ2n) is 4.49. The highest BCUT2D eigenvalue weighted by molar-refractivity contribution is 5.77. The van der Waals surface area contributed by atoms with E-state index in [9.17, 15) is 0 Å². The minimum absolute atomic E-state index is 0.121. The number of hydrogen-bond donors (Lipinski definition) is 2. The Kier molecular flexibility index (Phi) is 3.02. The van der Waals surface area contributed by atoms with Crippen molar-refractivity contribution in [3.8, 4) is 0 Å². The molecule has 1 aromatic carbocycles. The summed E-state index contributed by atoms with van der Waals surface area (Å²) in [5.74, 6) is 6.42. The lowest BCUT2D eigenvalue weighted by atomic mass is 10.1. The van der Waals surface area contributed by atoms with Crippen molar-refractivity contribution < 1.29 is 4.42 Å². The van der Waals surface area contributed by atoms with Gasteiger partial charge in [-0.2, -0.15) is 0 Å². The monoisotopic (exact) mass is 257 g/mol. The summed E-state index contributed by atoms with van der Waals surface area (Å²) >= 11 is 0. The lowest BCUT2D eigenvalue weighted by Gasteiger charge is -2.10. The summed E-state index contributed by atoms with van der Waals surface area (Å²) < 4.78 is 7.47. The van der Waals surface area contributed by atoms with Crippen LogP contribution in [-0.2, 0) is 13.5 Å². The van der Waals surface area contributed by atoms with Crippen molar-refractivity contribution in [3.63, 3.8) is 0 Å². The van der Waals surface area contributed by atoms with Crippen LogP contribution in [0.15, 0.2) is 40.9 Å². The molecule has 0 amide bonds. The van der Waals surface area contributed by atoms with Crippen LogP contribution in [0.25, 0.3) is 11.0 Å². The largest absolute Gasteiger partial charge is 0.459 e. The molecular weight excluding hydrogens is 242 g/mol. The molecule has 2 aromatic heterocycles. The van der Waals surface area contributed by atoms with E-state index in [0.717, 1.165) is 22.4 Å². The molecule has 3 aromatic rings. The molecule has 0 bridgehead atoms. The molecule has 0 saturated carbocycles. The van der Waals surface area contributed by atoms with Crippen LogP contribution in [0, 0.1) is 0 Å². The molecule has 19 heavy (non-hydrogen) atoms. The van der Waals surface area contributed by atoms with Crippen molar-refractivity contribution in [2.45, 2.75) is 12.5 Å². The van der Waals surface area contributed by atoms with Gasteiger partial charge < -0.3 is 4.42 Å². The average molecular weight is 257 g/mol. The molecule has 1 atom stereocenters. The predicted molar refractivity (Wildman–Crippen MR) is 71.0 cm³/mol. The van der Waals surface area contributed by atoms with Crippen molar-refractivity contribution in [1.82, 2.24) is 20.4 Å². The molecule has 98 valence electrons. The van der Waals surface area contributed by atoms with Crippen molar-refractivity contribution in [2.24, 2.45) is 12.9 Å². The summed E-state index contributed by atoms with van der Waals surface area (Å²) in [5.41, 5.74) is 4.49. The maximum absolute atomic E-state index is 5.80. The second-order valence-corrected chi connectivity index (χ2v) is 4.49. The van der Waals surface area contributed by atoms with Crippen molar-refractivity contribution >= 4 is 11.0 Å². The number of aryl methyl sites for hydroxylation is 1. The second kappa shape index (κ2) is 4.83. The van der Waals surface area contributed by atoms with Gasteiger partial charge in [-0.05, 0) is 12.1 Å². The summed E-state index contributed by atoms with van der Waals surface area (Å²) in [6.45, 7) is 0. The van der Waals surface area contributed by atoms with Crippen molar-refractivity contribution in [3.05, 3.63) is 48.0 Å². The van der Waals surface area contributed by atoms with Crippen molar-refractivity contribution in [1.29, 1.82) is 0 Å². The normalized spacial score (nSPS) is 12.9. The summed E-state index contributed by atoms with van der Waals surface area (Å²) in [6.07, 6.45) is 2.50. The van der Waals surface area contributed by atoms with Crippen LogP contribution < -0.4 is 11.3 Å². The summed E-state index contributed by atoms with van der Waals surface area (Å²) in [6, 6.07) is 9.76. The highest BCUT2D eigenvalue weighted by Gasteiger charge is 2.17. The minimum Gasteiger partial charge on any atom is -0.459 e. The number of benzene rings is 1. The third-order valence-electron chi connectivity index (χ3n) is 3.05. The van der Waals surface area contributed by atoms with E-state index in [1.165, 1.54) is 0 Å². The number of para-hydroxylation sites is 1. The van der Waals surface area contributed by atoms with Gasteiger partial charge in [0.25, 0.3) is 0 Å². The Hall–Kier alpha value is -2.18. The van der Waals surface area contributed by atoms with E-state index in [2.05, 4.69) is 15.7 Å². The first-order valence-electron chi connectivity index (χ1n) is 6.06. The Morgan fingerprint density at radius 1 is 1.42 bits per heavy atom. The van der Waals surface area contributed by atoms with E-state index in [-0.39, 0.29) is 6.04 Å². The smallest absolute Gasteiger partial charge is 0.134 e. The number of nitrogens with two attached hydrogens (primary N) is 1. The fraction of sp³-hybridized carbons (Fsp3) is 0.231. The molecule has 0 aliphatic carbocycles. The lowest BCUT2D eigenvalue weighted by molar-refractivity contribution is 0.432. The number of hydrazine groups is 1. The average Bonchev–Trinajstić information content (AvgIpc) is 3.01. The Bertz CT molecular complexity index is 654. The fourth-order valence-corrected chi connectivity index (χ4v) is 2.11. The highest BCUT2D eigenvalue weighted by Crippen LogP contribution is 2.25. The van der Waals surface area contributed by atoms with Gasteiger partial charge in [0, 0.05) is 25.1 Å².